The highest BCUT2D eigenvalue weighted by molar-refractivity contribution is 6.32. The van der Waals surface area contributed by atoms with Crippen LogP contribution in [0.15, 0.2) is 60.7 Å². The Balaban J connectivity index is 2.01. The first-order chi connectivity index (χ1) is 11.1. The molecule has 2 aromatic rings. The summed E-state index contributed by atoms with van der Waals surface area (Å²) in [5.41, 5.74) is 1.19. The highest BCUT2D eigenvalue weighted by Crippen LogP contribution is 2.26. The van der Waals surface area contributed by atoms with Gasteiger partial charge in [-0.25, -0.2) is 0 Å². The fourth-order valence-electron chi connectivity index (χ4n) is 2.01. The van der Waals surface area contributed by atoms with E-state index in [-0.39, 0.29) is 5.78 Å². The van der Waals surface area contributed by atoms with Crippen LogP contribution in [0.3, 0.4) is 0 Å². The molecule has 0 saturated carbocycles. The van der Waals surface area contributed by atoms with Gasteiger partial charge in [0.25, 0.3) is 0 Å². The minimum absolute atomic E-state index is 0.0510. The monoisotopic (exact) mass is 329 g/mol. The Hall–Kier alpha value is -2.10. The number of ketones is 1. The normalized spacial score (nSPS) is 11.1. The molecule has 2 rings (SSSR count). The van der Waals surface area contributed by atoms with Crippen LogP contribution in [0.2, 0.25) is 5.02 Å². The molecule has 0 unspecified atom stereocenters. The van der Waals surface area contributed by atoms with E-state index in [0.717, 1.165) is 6.54 Å². The van der Waals surface area contributed by atoms with E-state index in [1.165, 1.54) is 0 Å². The number of halogens is 1. The van der Waals surface area contributed by atoms with E-state index in [4.69, 9.17) is 16.3 Å². The molecule has 0 amide bonds. The molecule has 0 aliphatic rings. The summed E-state index contributed by atoms with van der Waals surface area (Å²) in [6.07, 6.45) is 3.97. The molecule has 0 spiro atoms. The molecular weight excluding hydrogens is 310 g/mol. The Bertz CT molecular complexity index is 681. The van der Waals surface area contributed by atoms with Crippen LogP contribution in [0.1, 0.15) is 15.9 Å². The molecule has 0 saturated heterocycles. The molecule has 0 aliphatic carbocycles. The van der Waals surface area contributed by atoms with Crippen LogP contribution in [0.4, 0.5) is 0 Å². The molecular formula is C19H20ClNO2. The molecule has 0 aliphatic heterocycles. The molecule has 23 heavy (non-hydrogen) atoms. The molecule has 0 heterocycles. The van der Waals surface area contributed by atoms with E-state index in [1.54, 1.807) is 30.3 Å². The summed E-state index contributed by atoms with van der Waals surface area (Å²) in [4.78, 5) is 14.4. The van der Waals surface area contributed by atoms with Gasteiger partial charge in [-0.3, -0.25) is 4.79 Å². The highest BCUT2D eigenvalue weighted by Gasteiger charge is 2.11. The van der Waals surface area contributed by atoms with Crippen molar-refractivity contribution in [3.63, 3.8) is 0 Å². The highest BCUT2D eigenvalue weighted by atomic mass is 35.5. The quantitative estimate of drug-likeness (QED) is 0.566. The largest absolute Gasteiger partial charge is 0.488 e. The number of carbonyl (C=O) groups excluding carboxylic acids is 1. The Labute approximate surface area is 142 Å². The number of nitrogens with zero attached hydrogens (tertiary/aromatic N) is 1. The average molecular weight is 330 g/mol. The number of likely N-dealkylation sites (N-methyl/N-ethyl adjacent to an activating group) is 1. The molecule has 3 nitrogen and oxygen atoms in total. The van der Waals surface area contributed by atoms with E-state index in [0.29, 0.717) is 28.5 Å². The Kier molecular flexibility index (Phi) is 6.39. The number of ether oxygens (including phenoxy) is 1. The Morgan fingerprint density at radius 1 is 1.09 bits per heavy atom. The first-order valence-corrected chi connectivity index (χ1v) is 7.77. The molecule has 0 radical (unpaired) electrons. The first-order valence-electron chi connectivity index (χ1n) is 7.40. The van der Waals surface area contributed by atoms with Gasteiger partial charge in [0, 0.05) is 17.7 Å². The molecule has 2 aromatic carbocycles. The van der Waals surface area contributed by atoms with Crippen molar-refractivity contribution >= 4 is 17.4 Å². The number of benzene rings is 2. The Morgan fingerprint density at radius 3 is 2.48 bits per heavy atom. The topological polar surface area (TPSA) is 29.5 Å². The molecule has 0 bridgehead atoms. The maximum atomic E-state index is 12.4. The molecule has 0 aromatic heterocycles. The van der Waals surface area contributed by atoms with Crippen molar-refractivity contribution in [3.05, 3.63) is 76.8 Å². The van der Waals surface area contributed by atoms with E-state index in [2.05, 4.69) is 4.90 Å². The van der Waals surface area contributed by atoms with Gasteiger partial charge in [0.05, 0.1) is 5.02 Å². The lowest BCUT2D eigenvalue weighted by Gasteiger charge is -2.08. The van der Waals surface area contributed by atoms with Gasteiger partial charge in [-0.2, -0.15) is 0 Å². The fourth-order valence-corrected chi connectivity index (χ4v) is 2.24. The van der Waals surface area contributed by atoms with Crippen LogP contribution in [0.25, 0.3) is 0 Å². The van der Waals surface area contributed by atoms with E-state index >= 15 is 0 Å². The summed E-state index contributed by atoms with van der Waals surface area (Å²) in [6.45, 7) is 1.31. The van der Waals surface area contributed by atoms with E-state index in [1.807, 2.05) is 44.4 Å². The number of hydrogen-bond donors (Lipinski definition) is 0. The smallest absolute Gasteiger partial charge is 0.193 e. The molecule has 0 fully saturated rings. The van der Waals surface area contributed by atoms with Gasteiger partial charge >= 0.3 is 0 Å². The summed E-state index contributed by atoms with van der Waals surface area (Å²) in [6, 6.07) is 14.3. The predicted octanol–water partition coefficient (Wildman–Crippen LogP) is 4.07. The maximum absolute atomic E-state index is 12.4. The molecule has 120 valence electrons. The van der Waals surface area contributed by atoms with Crippen molar-refractivity contribution in [2.24, 2.45) is 0 Å². The van der Waals surface area contributed by atoms with Gasteiger partial charge in [-0.1, -0.05) is 54.1 Å². The van der Waals surface area contributed by atoms with Crippen molar-refractivity contribution in [1.29, 1.82) is 0 Å². The summed E-state index contributed by atoms with van der Waals surface area (Å²) >= 11 is 6.21. The van der Waals surface area contributed by atoms with Crippen molar-refractivity contribution in [2.45, 2.75) is 0 Å². The fraction of sp³-hybridized carbons (Fsp3) is 0.211. The third kappa shape index (κ3) is 5.23. The summed E-state index contributed by atoms with van der Waals surface area (Å²) in [5, 5.41) is 0.438. The minimum Gasteiger partial charge on any atom is -0.488 e. The summed E-state index contributed by atoms with van der Waals surface area (Å²) in [7, 11) is 4.01. The minimum atomic E-state index is -0.0510. The van der Waals surface area contributed by atoms with Crippen molar-refractivity contribution < 1.29 is 9.53 Å². The third-order valence-electron chi connectivity index (χ3n) is 3.20. The van der Waals surface area contributed by atoms with Gasteiger partial charge in [0.1, 0.15) is 12.4 Å². The summed E-state index contributed by atoms with van der Waals surface area (Å²) < 4.78 is 5.61. The second-order valence-electron chi connectivity index (χ2n) is 5.39. The summed E-state index contributed by atoms with van der Waals surface area (Å²) in [5.74, 6) is 0.524. The first kappa shape index (κ1) is 17.3. The molecule has 0 N–H and O–H groups in total. The molecule has 0 atom stereocenters. The van der Waals surface area contributed by atoms with Crippen LogP contribution in [0.5, 0.6) is 5.75 Å². The van der Waals surface area contributed by atoms with Crippen LogP contribution in [-0.4, -0.2) is 37.9 Å². The van der Waals surface area contributed by atoms with Gasteiger partial charge in [0.2, 0.25) is 0 Å². The van der Waals surface area contributed by atoms with Crippen LogP contribution in [0, 0.1) is 0 Å². The van der Waals surface area contributed by atoms with E-state index in [9.17, 15) is 4.79 Å². The zero-order valence-corrected chi connectivity index (χ0v) is 14.1. The standard InChI is InChI=1S/C19H20ClNO2/c1-21(2)12-6-7-13-23-18-11-10-16(14-17(18)20)19(22)15-8-4-3-5-9-15/h3-11,14H,12-13H2,1-2H3. The van der Waals surface area contributed by atoms with Crippen LogP contribution < -0.4 is 4.74 Å². The van der Waals surface area contributed by atoms with Crippen LogP contribution in [-0.2, 0) is 0 Å². The number of rotatable bonds is 7. The number of carbonyl (C=O) groups is 1. The van der Waals surface area contributed by atoms with Crippen LogP contribution >= 0.6 is 11.6 Å². The lowest BCUT2D eigenvalue weighted by Crippen LogP contribution is -2.10. The van der Waals surface area contributed by atoms with Crippen molar-refractivity contribution in [1.82, 2.24) is 4.90 Å². The number of hydrogen-bond acceptors (Lipinski definition) is 3. The zero-order valence-electron chi connectivity index (χ0n) is 13.3. The van der Waals surface area contributed by atoms with Gasteiger partial charge < -0.3 is 9.64 Å². The average Bonchev–Trinajstić information content (AvgIpc) is 2.55. The van der Waals surface area contributed by atoms with Crippen molar-refractivity contribution in [3.8, 4) is 5.75 Å². The van der Waals surface area contributed by atoms with Gasteiger partial charge in [-0.05, 0) is 32.3 Å². The van der Waals surface area contributed by atoms with Gasteiger partial charge in [0.15, 0.2) is 5.78 Å². The zero-order chi connectivity index (χ0) is 16.7. The van der Waals surface area contributed by atoms with Crippen molar-refractivity contribution in [2.75, 3.05) is 27.2 Å². The maximum Gasteiger partial charge on any atom is 0.193 e. The second kappa shape index (κ2) is 8.51. The second-order valence-corrected chi connectivity index (χ2v) is 5.79. The van der Waals surface area contributed by atoms with Gasteiger partial charge in [-0.15, -0.1) is 0 Å². The predicted molar refractivity (Wildman–Crippen MR) is 94.5 cm³/mol. The Morgan fingerprint density at radius 2 is 1.83 bits per heavy atom. The lowest BCUT2D eigenvalue weighted by atomic mass is 10.0. The lowest BCUT2D eigenvalue weighted by molar-refractivity contribution is 0.103. The van der Waals surface area contributed by atoms with E-state index < -0.39 is 0 Å². The molecule has 4 heteroatoms. The third-order valence-corrected chi connectivity index (χ3v) is 3.50. The SMILES string of the molecule is CN(C)CC=CCOc1ccc(C(=O)c2ccccc2)cc1Cl.